The van der Waals surface area contributed by atoms with Crippen LogP contribution in [0.1, 0.15) is 38.1 Å². The molecule has 0 unspecified atom stereocenters. The number of benzene rings is 2. The molecule has 2 N–H and O–H groups in total. The molecule has 1 amide bonds. The highest BCUT2D eigenvalue weighted by Gasteiger charge is 2.29. The van der Waals surface area contributed by atoms with Crippen LogP contribution < -0.4 is 5.46 Å². The largest absolute Gasteiger partial charge is 0.489 e. The van der Waals surface area contributed by atoms with Gasteiger partial charge >= 0.3 is 7.12 Å². The fourth-order valence-electron chi connectivity index (χ4n) is 3.08. The van der Waals surface area contributed by atoms with E-state index in [9.17, 15) is 14.8 Å². The average molecular weight is 325 g/mol. The van der Waals surface area contributed by atoms with Crippen molar-refractivity contribution in [3.05, 3.63) is 54.1 Å². The molecule has 0 spiro atoms. The maximum Gasteiger partial charge on any atom is 0.489 e. The minimum atomic E-state index is -1.70. The minimum Gasteiger partial charge on any atom is -0.423 e. The van der Waals surface area contributed by atoms with Crippen molar-refractivity contribution in [2.75, 3.05) is 0 Å². The molecule has 0 aliphatic heterocycles. The van der Waals surface area contributed by atoms with Crippen molar-refractivity contribution in [3.8, 4) is 11.1 Å². The topological polar surface area (TPSA) is 60.8 Å². The summed E-state index contributed by atoms with van der Waals surface area (Å²) in [4.78, 5) is 15.0. The highest BCUT2D eigenvalue weighted by Crippen LogP contribution is 2.25. The molecule has 0 fully saturated rings. The van der Waals surface area contributed by atoms with E-state index in [0.29, 0.717) is 11.1 Å². The van der Waals surface area contributed by atoms with Gasteiger partial charge in [-0.1, -0.05) is 48.5 Å². The van der Waals surface area contributed by atoms with Crippen LogP contribution in [0.25, 0.3) is 11.1 Å². The number of hydrogen-bond donors (Lipinski definition) is 2. The second-order valence-corrected chi connectivity index (χ2v) is 6.41. The van der Waals surface area contributed by atoms with E-state index in [1.54, 1.807) is 17.0 Å². The molecule has 0 atom stereocenters. The van der Waals surface area contributed by atoms with Gasteiger partial charge < -0.3 is 14.9 Å². The summed E-state index contributed by atoms with van der Waals surface area (Å²) < 4.78 is 0. The molecule has 0 aromatic heterocycles. The van der Waals surface area contributed by atoms with Gasteiger partial charge in [0.05, 0.1) is 0 Å². The summed E-state index contributed by atoms with van der Waals surface area (Å²) in [5.41, 5.74) is 2.15. The molecule has 2 rings (SSSR count). The molecule has 24 heavy (non-hydrogen) atoms. The van der Waals surface area contributed by atoms with E-state index in [1.807, 2.05) is 64.1 Å². The first kappa shape index (κ1) is 18.2. The third-order valence-corrected chi connectivity index (χ3v) is 4.02. The van der Waals surface area contributed by atoms with Gasteiger partial charge in [-0.15, -0.1) is 0 Å². The Morgan fingerprint density at radius 2 is 1.50 bits per heavy atom. The van der Waals surface area contributed by atoms with Crippen molar-refractivity contribution in [2.45, 2.75) is 39.8 Å². The Morgan fingerprint density at radius 3 is 2.00 bits per heavy atom. The van der Waals surface area contributed by atoms with Crippen LogP contribution in [0.5, 0.6) is 0 Å². The smallest absolute Gasteiger partial charge is 0.423 e. The first-order chi connectivity index (χ1) is 11.3. The van der Waals surface area contributed by atoms with E-state index in [4.69, 9.17) is 0 Å². The molecule has 0 saturated carbocycles. The van der Waals surface area contributed by atoms with E-state index < -0.39 is 7.12 Å². The molecule has 2 aromatic rings. The summed E-state index contributed by atoms with van der Waals surface area (Å²) in [6.45, 7) is 7.83. The van der Waals surface area contributed by atoms with Crippen molar-refractivity contribution in [1.29, 1.82) is 0 Å². The lowest BCUT2D eigenvalue weighted by Gasteiger charge is -2.32. The number of rotatable bonds is 5. The Morgan fingerprint density at radius 1 is 0.917 bits per heavy atom. The molecule has 0 aliphatic carbocycles. The minimum absolute atomic E-state index is 0.00464. The SMILES string of the molecule is CC(C)N(C(=O)c1c(B(O)O)cccc1-c1ccccc1)C(C)C. The molecular formula is C19H24BNO3. The fraction of sp³-hybridized carbons (Fsp3) is 0.316. The van der Waals surface area contributed by atoms with Crippen molar-refractivity contribution < 1.29 is 14.8 Å². The summed E-state index contributed by atoms with van der Waals surface area (Å²) in [7, 11) is -1.70. The third kappa shape index (κ3) is 3.69. The van der Waals surface area contributed by atoms with E-state index in [1.165, 1.54) is 0 Å². The molecule has 2 aromatic carbocycles. The molecule has 0 bridgehead atoms. The third-order valence-electron chi connectivity index (χ3n) is 4.02. The van der Waals surface area contributed by atoms with E-state index >= 15 is 0 Å². The summed E-state index contributed by atoms with van der Waals surface area (Å²) in [6.07, 6.45) is 0. The van der Waals surface area contributed by atoms with Crippen molar-refractivity contribution in [3.63, 3.8) is 0 Å². The van der Waals surface area contributed by atoms with Gasteiger partial charge in [-0.25, -0.2) is 0 Å². The Bertz CT molecular complexity index is 691. The lowest BCUT2D eigenvalue weighted by Crippen LogP contribution is -2.46. The predicted molar refractivity (Wildman–Crippen MR) is 98.1 cm³/mol. The van der Waals surface area contributed by atoms with Crippen LogP contribution in [0.3, 0.4) is 0 Å². The zero-order valence-electron chi connectivity index (χ0n) is 14.6. The van der Waals surface area contributed by atoms with Crippen molar-refractivity contribution >= 4 is 18.5 Å². The van der Waals surface area contributed by atoms with Crippen LogP contribution in [0.2, 0.25) is 0 Å². The summed E-state index contributed by atoms with van der Waals surface area (Å²) >= 11 is 0. The van der Waals surface area contributed by atoms with Gasteiger partial charge in [-0.2, -0.15) is 0 Å². The highest BCUT2D eigenvalue weighted by molar-refractivity contribution is 6.60. The van der Waals surface area contributed by atoms with Crippen LogP contribution in [-0.4, -0.2) is 40.1 Å². The maximum atomic E-state index is 13.3. The monoisotopic (exact) mass is 325 g/mol. The Balaban J connectivity index is 2.68. The zero-order valence-corrected chi connectivity index (χ0v) is 14.6. The lowest BCUT2D eigenvalue weighted by molar-refractivity contribution is 0.0645. The van der Waals surface area contributed by atoms with Crippen LogP contribution in [0, 0.1) is 0 Å². The predicted octanol–water partition coefficient (Wildman–Crippen LogP) is 2.29. The van der Waals surface area contributed by atoms with Crippen LogP contribution in [0.4, 0.5) is 0 Å². The Hall–Kier alpha value is -2.11. The number of amides is 1. The van der Waals surface area contributed by atoms with E-state index in [0.717, 1.165) is 5.56 Å². The van der Waals surface area contributed by atoms with Gasteiger partial charge in [0.15, 0.2) is 0 Å². The molecule has 126 valence electrons. The Labute approximate surface area is 143 Å². The van der Waals surface area contributed by atoms with Gasteiger partial charge in [0, 0.05) is 17.6 Å². The standard InChI is InChI=1S/C19H24BNO3/c1-13(2)21(14(3)4)19(22)18-16(15-9-6-5-7-10-15)11-8-12-17(18)20(23)24/h5-14,23-24H,1-4H3. The molecule has 0 saturated heterocycles. The number of nitrogens with zero attached hydrogens (tertiary/aromatic N) is 1. The van der Waals surface area contributed by atoms with Gasteiger partial charge in [0.25, 0.3) is 5.91 Å². The van der Waals surface area contributed by atoms with Crippen molar-refractivity contribution in [2.24, 2.45) is 0 Å². The number of hydrogen-bond acceptors (Lipinski definition) is 3. The molecule has 0 heterocycles. The highest BCUT2D eigenvalue weighted by atomic mass is 16.4. The molecule has 0 aliphatic rings. The maximum absolute atomic E-state index is 13.3. The van der Waals surface area contributed by atoms with Gasteiger partial charge in [0.2, 0.25) is 0 Å². The summed E-state index contributed by atoms with van der Waals surface area (Å²) in [5, 5.41) is 19.5. The Kier molecular flexibility index (Phi) is 5.81. The number of carbonyl (C=O) groups excluding carboxylic acids is 1. The average Bonchev–Trinajstić information content (AvgIpc) is 2.54. The van der Waals surface area contributed by atoms with Crippen LogP contribution >= 0.6 is 0 Å². The van der Waals surface area contributed by atoms with Crippen LogP contribution in [0.15, 0.2) is 48.5 Å². The van der Waals surface area contributed by atoms with Gasteiger partial charge in [0.1, 0.15) is 0 Å². The lowest BCUT2D eigenvalue weighted by atomic mass is 9.74. The first-order valence-electron chi connectivity index (χ1n) is 8.21. The normalized spacial score (nSPS) is 11.0. The molecule has 0 radical (unpaired) electrons. The second-order valence-electron chi connectivity index (χ2n) is 6.41. The quantitative estimate of drug-likeness (QED) is 0.829. The van der Waals surface area contributed by atoms with Crippen LogP contribution in [-0.2, 0) is 0 Å². The second kappa shape index (κ2) is 7.64. The van der Waals surface area contributed by atoms with E-state index in [-0.39, 0.29) is 23.5 Å². The number of carbonyl (C=O) groups is 1. The van der Waals surface area contributed by atoms with E-state index in [2.05, 4.69) is 0 Å². The molecule has 4 nitrogen and oxygen atoms in total. The summed E-state index contributed by atoms with van der Waals surface area (Å²) in [6, 6.07) is 14.7. The fourth-order valence-corrected chi connectivity index (χ4v) is 3.08. The zero-order chi connectivity index (χ0) is 17.9. The summed E-state index contributed by atoms with van der Waals surface area (Å²) in [5.74, 6) is -0.192. The van der Waals surface area contributed by atoms with Gasteiger partial charge in [-0.05, 0) is 44.3 Å². The van der Waals surface area contributed by atoms with Gasteiger partial charge in [-0.3, -0.25) is 4.79 Å². The van der Waals surface area contributed by atoms with Crippen molar-refractivity contribution in [1.82, 2.24) is 4.90 Å². The molecule has 5 heteroatoms. The first-order valence-corrected chi connectivity index (χ1v) is 8.21. The molecular weight excluding hydrogens is 301 g/mol.